The van der Waals surface area contributed by atoms with E-state index >= 15 is 0 Å². The Labute approximate surface area is 171 Å². The molecule has 0 atom stereocenters. The van der Waals surface area contributed by atoms with E-state index in [4.69, 9.17) is 32.7 Å². The summed E-state index contributed by atoms with van der Waals surface area (Å²) in [5, 5.41) is 4.32. The number of benzene rings is 2. The lowest BCUT2D eigenvalue weighted by Gasteiger charge is -2.11. The van der Waals surface area contributed by atoms with Gasteiger partial charge in [-0.1, -0.05) is 29.3 Å². The number of amides is 1. The number of methoxy groups -OCH3 is 2. The van der Waals surface area contributed by atoms with Crippen LogP contribution in [0.2, 0.25) is 10.0 Å². The Balaban J connectivity index is 1.93. The highest BCUT2D eigenvalue weighted by molar-refractivity contribution is 8.18. The molecule has 0 unspecified atom stereocenters. The molecule has 8 heteroatoms. The fourth-order valence-corrected chi connectivity index (χ4v) is 3.68. The van der Waals surface area contributed by atoms with Gasteiger partial charge >= 0.3 is 0 Å². The lowest BCUT2D eigenvalue weighted by atomic mass is 10.1. The molecule has 0 spiro atoms. The molecular weight excluding hydrogens is 407 g/mol. The molecule has 1 fully saturated rings. The van der Waals surface area contributed by atoms with Crippen molar-refractivity contribution >= 4 is 57.8 Å². The number of hydrogen-bond acceptors (Lipinski definition) is 5. The van der Waals surface area contributed by atoms with Gasteiger partial charge in [0.15, 0.2) is 16.7 Å². The third kappa shape index (κ3) is 4.40. The maximum atomic E-state index is 12.3. The SMILES string of the molecule is COc1cc(Cl)cc(C=C2SC(=Nc3ccc(C)c(Cl)c3)NC2=O)c1OC. The largest absolute Gasteiger partial charge is 0.493 e. The number of nitrogens with zero attached hydrogens (tertiary/aromatic N) is 1. The number of carbonyl (C=O) groups is 1. The molecule has 2 aromatic carbocycles. The fraction of sp³-hybridized carbons (Fsp3) is 0.158. The van der Waals surface area contributed by atoms with E-state index in [1.165, 1.54) is 26.0 Å². The minimum Gasteiger partial charge on any atom is -0.493 e. The van der Waals surface area contributed by atoms with E-state index in [1.807, 2.05) is 19.1 Å². The molecule has 1 aliphatic heterocycles. The molecule has 5 nitrogen and oxygen atoms in total. The maximum absolute atomic E-state index is 12.3. The van der Waals surface area contributed by atoms with Crippen molar-refractivity contribution in [1.29, 1.82) is 0 Å². The number of amidine groups is 1. The number of nitrogens with one attached hydrogen (secondary N) is 1. The van der Waals surface area contributed by atoms with Crippen molar-refractivity contribution in [3.63, 3.8) is 0 Å². The minimum atomic E-state index is -0.252. The lowest BCUT2D eigenvalue weighted by Crippen LogP contribution is -2.19. The first-order valence-electron chi connectivity index (χ1n) is 7.88. The van der Waals surface area contributed by atoms with E-state index < -0.39 is 0 Å². The van der Waals surface area contributed by atoms with E-state index in [0.717, 1.165) is 5.56 Å². The first-order valence-corrected chi connectivity index (χ1v) is 9.45. The molecule has 3 rings (SSSR count). The van der Waals surface area contributed by atoms with E-state index in [1.54, 1.807) is 24.3 Å². The van der Waals surface area contributed by atoms with Crippen molar-refractivity contribution in [2.24, 2.45) is 4.99 Å². The van der Waals surface area contributed by atoms with E-state index in [-0.39, 0.29) is 5.91 Å². The van der Waals surface area contributed by atoms with Crippen molar-refractivity contribution in [1.82, 2.24) is 5.32 Å². The molecule has 1 aliphatic rings. The second-order valence-electron chi connectivity index (χ2n) is 5.65. The summed E-state index contributed by atoms with van der Waals surface area (Å²) in [7, 11) is 3.06. The summed E-state index contributed by atoms with van der Waals surface area (Å²) >= 11 is 13.5. The van der Waals surface area contributed by atoms with Gasteiger partial charge < -0.3 is 14.8 Å². The Morgan fingerprint density at radius 3 is 2.59 bits per heavy atom. The fourth-order valence-electron chi connectivity index (χ4n) is 2.46. The Kier molecular flexibility index (Phi) is 5.99. The smallest absolute Gasteiger partial charge is 0.264 e. The second kappa shape index (κ2) is 8.25. The first-order chi connectivity index (χ1) is 12.9. The van der Waals surface area contributed by atoms with Crippen molar-refractivity contribution in [3.05, 3.63) is 56.4 Å². The third-order valence-electron chi connectivity index (χ3n) is 3.80. The van der Waals surface area contributed by atoms with Crippen LogP contribution >= 0.6 is 35.0 Å². The molecule has 1 N–H and O–H groups in total. The van der Waals surface area contributed by atoms with Gasteiger partial charge in [-0.2, -0.15) is 0 Å². The van der Waals surface area contributed by atoms with Gasteiger partial charge in [0, 0.05) is 21.7 Å². The molecule has 0 bridgehead atoms. The highest BCUT2D eigenvalue weighted by Crippen LogP contribution is 2.38. The standard InChI is InChI=1S/C19H16Cl2N2O3S/c1-10-4-5-13(9-14(10)21)22-19-23-18(24)16(27-19)7-11-6-12(20)8-15(25-2)17(11)26-3/h4-9H,1-3H3,(H,22,23,24). The zero-order valence-corrected chi connectivity index (χ0v) is 17.1. The predicted molar refractivity (Wildman–Crippen MR) is 112 cm³/mol. The number of carbonyl (C=O) groups excluding carboxylic acids is 1. The van der Waals surface area contributed by atoms with Crippen LogP contribution in [-0.4, -0.2) is 25.3 Å². The second-order valence-corrected chi connectivity index (χ2v) is 7.52. The molecule has 2 aromatic rings. The van der Waals surface area contributed by atoms with Crippen LogP contribution < -0.4 is 14.8 Å². The summed E-state index contributed by atoms with van der Waals surface area (Å²) in [5.41, 5.74) is 2.27. The summed E-state index contributed by atoms with van der Waals surface area (Å²) in [6.07, 6.45) is 1.69. The summed E-state index contributed by atoms with van der Waals surface area (Å²) in [6.45, 7) is 1.92. The van der Waals surface area contributed by atoms with Crippen LogP contribution in [-0.2, 0) is 4.79 Å². The highest BCUT2D eigenvalue weighted by atomic mass is 35.5. The van der Waals surface area contributed by atoms with Gasteiger partial charge in [-0.3, -0.25) is 4.79 Å². The van der Waals surface area contributed by atoms with Crippen LogP contribution in [0, 0.1) is 6.92 Å². The maximum Gasteiger partial charge on any atom is 0.264 e. The molecule has 0 aliphatic carbocycles. The van der Waals surface area contributed by atoms with E-state index in [0.29, 0.717) is 42.9 Å². The topological polar surface area (TPSA) is 59.9 Å². The number of aliphatic imine (C=N–C) groups is 1. The predicted octanol–water partition coefficient (Wildman–Crippen LogP) is 5.21. The number of rotatable bonds is 4. The van der Waals surface area contributed by atoms with E-state index in [9.17, 15) is 4.79 Å². The number of ether oxygens (including phenoxy) is 2. The minimum absolute atomic E-state index is 0.252. The van der Waals surface area contributed by atoms with Gasteiger partial charge in [0.1, 0.15) is 0 Å². The van der Waals surface area contributed by atoms with Crippen LogP contribution in [0.5, 0.6) is 11.5 Å². The summed E-state index contributed by atoms with van der Waals surface area (Å²) in [5.74, 6) is 0.736. The van der Waals surface area contributed by atoms with Crippen LogP contribution in [0.15, 0.2) is 40.2 Å². The average Bonchev–Trinajstić information content (AvgIpc) is 2.96. The van der Waals surface area contributed by atoms with Gasteiger partial charge in [0.2, 0.25) is 0 Å². The molecule has 27 heavy (non-hydrogen) atoms. The molecule has 1 amide bonds. The molecule has 1 heterocycles. The van der Waals surface area contributed by atoms with Crippen LogP contribution in [0.3, 0.4) is 0 Å². The Morgan fingerprint density at radius 2 is 1.93 bits per heavy atom. The summed E-state index contributed by atoms with van der Waals surface area (Å²) in [4.78, 5) is 17.2. The van der Waals surface area contributed by atoms with Gasteiger partial charge in [-0.15, -0.1) is 0 Å². The third-order valence-corrected chi connectivity index (χ3v) is 5.33. The lowest BCUT2D eigenvalue weighted by molar-refractivity contribution is -0.115. The number of halogens is 2. The van der Waals surface area contributed by atoms with Crippen LogP contribution in [0.4, 0.5) is 5.69 Å². The summed E-state index contributed by atoms with van der Waals surface area (Å²) in [6, 6.07) is 8.83. The average molecular weight is 423 g/mol. The highest BCUT2D eigenvalue weighted by Gasteiger charge is 2.25. The Morgan fingerprint density at radius 1 is 1.15 bits per heavy atom. The van der Waals surface area contributed by atoms with Crippen molar-refractivity contribution in [2.45, 2.75) is 6.92 Å². The molecular formula is C19H16Cl2N2O3S. The van der Waals surface area contributed by atoms with Crippen molar-refractivity contribution in [3.8, 4) is 11.5 Å². The van der Waals surface area contributed by atoms with Crippen LogP contribution in [0.25, 0.3) is 6.08 Å². The first kappa shape index (κ1) is 19.6. The number of hydrogen-bond donors (Lipinski definition) is 1. The zero-order valence-electron chi connectivity index (χ0n) is 14.8. The van der Waals surface area contributed by atoms with Gasteiger partial charge in [0.25, 0.3) is 5.91 Å². The van der Waals surface area contributed by atoms with Crippen molar-refractivity contribution in [2.75, 3.05) is 14.2 Å². The van der Waals surface area contributed by atoms with Crippen molar-refractivity contribution < 1.29 is 14.3 Å². The number of thioether (sulfide) groups is 1. The van der Waals surface area contributed by atoms with Gasteiger partial charge in [-0.25, -0.2) is 4.99 Å². The van der Waals surface area contributed by atoms with Gasteiger partial charge in [0.05, 0.1) is 24.8 Å². The van der Waals surface area contributed by atoms with Crippen LogP contribution in [0.1, 0.15) is 11.1 Å². The molecule has 0 aromatic heterocycles. The monoisotopic (exact) mass is 422 g/mol. The molecule has 140 valence electrons. The normalized spacial score (nSPS) is 16.7. The molecule has 0 saturated carbocycles. The van der Waals surface area contributed by atoms with Gasteiger partial charge in [-0.05, 0) is 48.5 Å². The quantitative estimate of drug-likeness (QED) is 0.686. The Hall–Kier alpha value is -2.15. The van der Waals surface area contributed by atoms with E-state index in [2.05, 4.69) is 10.3 Å². The molecule has 0 radical (unpaired) electrons. The summed E-state index contributed by atoms with van der Waals surface area (Å²) < 4.78 is 10.7. The molecule has 1 saturated heterocycles. The zero-order chi connectivity index (χ0) is 19.6. The number of aryl methyl sites for hydroxylation is 1. The Bertz CT molecular complexity index is 974.